The normalized spacial score (nSPS) is 15.8. The minimum absolute atomic E-state index is 0.185. The third kappa shape index (κ3) is 2.44. The van der Waals surface area contributed by atoms with Gasteiger partial charge in [0, 0.05) is 11.0 Å². The molecule has 0 bridgehead atoms. The van der Waals surface area contributed by atoms with E-state index in [1.54, 1.807) is 6.07 Å². The molecule has 0 atom stereocenters. The van der Waals surface area contributed by atoms with Gasteiger partial charge >= 0.3 is 0 Å². The maximum Gasteiger partial charge on any atom is 0.147 e. The summed E-state index contributed by atoms with van der Waals surface area (Å²) in [6, 6.07) is 5.09. The molecule has 2 rings (SSSR count). The molecule has 0 saturated heterocycles. The van der Waals surface area contributed by atoms with E-state index in [0.717, 1.165) is 16.9 Å². The number of anilines is 1. The summed E-state index contributed by atoms with van der Waals surface area (Å²) in [6.07, 6.45) is 2.57. The molecule has 13 heavy (non-hydrogen) atoms. The first kappa shape index (κ1) is 9.00. The second-order valence-electron chi connectivity index (χ2n) is 3.45. The highest BCUT2D eigenvalue weighted by molar-refractivity contribution is 9.10. The quantitative estimate of drug-likeness (QED) is 0.859. The van der Waals surface area contributed by atoms with Gasteiger partial charge in [-0.15, -0.1) is 0 Å². The fourth-order valence-electron chi connectivity index (χ4n) is 1.21. The highest BCUT2D eigenvalue weighted by Gasteiger charge is 2.20. The van der Waals surface area contributed by atoms with Gasteiger partial charge in [0.05, 0.1) is 5.69 Å². The van der Waals surface area contributed by atoms with Crippen molar-refractivity contribution < 1.29 is 4.39 Å². The highest BCUT2D eigenvalue weighted by Crippen LogP contribution is 2.29. The minimum atomic E-state index is -0.185. The third-order valence-electron chi connectivity index (χ3n) is 2.21. The predicted octanol–water partition coefficient (Wildman–Crippen LogP) is 3.41. The van der Waals surface area contributed by atoms with Crippen molar-refractivity contribution in [1.29, 1.82) is 0 Å². The highest BCUT2D eigenvalue weighted by atomic mass is 79.9. The Morgan fingerprint density at radius 1 is 1.46 bits per heavy atom. The van der Waals surface area contributed by atoms with E-state index in [1.807, 2.05) is 6.07 Å². The van der Waals surface area contributed by atoms with Gasteiger partial charge in [0.15, 0.2) is 0 Å². The van der Waals surface area contributed by atoms with Crippen LogP contribution in [0.1, 0.15) is 12.8 Å². The first-order chi connectivity index (χ1) is 6.25. The van der Waals surface area contributed by atoms with Gasteiger partial charge in [0.2, 0.25) is 0 Å². The van der Waals surface area contributed by atoms with Crippen LogP contribution in [0.4, 0.5) is 10.1 Å². The number of hydrogen-bond donors (Lipinski definition) is 1. The van der Waals surface area contributed by atoms with Crippen LogP contribution in [0.5, 0.6) is 0 Å². The lowest BCUT2D eigenvalue weighted by molar-refractivity contribution is 0.628. The molecule has 0 heterocycles. The van der Waals surface area contributed by atoms with E-state index in [-0.39, 0.29) is 5.82 Å². The van der Waals surface area contributed by atoms with Gasteiger partial charge in [-0.3, -0.25) is 0 Å². The van der Waals surface area contributed by atoms with E-state index < -0.39 is 0 Å². The van der Waals surface area contributed by atoms with E-state index in [2.05, 4.69) is 21.2 Å². The van der Waals surface area contributed by atoms with Crippen LogP contribution < -0.4 is 5.32 Å². The maximum atomic E-state index is 13.2. The van der Waals surface area contributed by atoms with Crippen LogP contribution in [0.25, 0.3) is 0 Å². The zero-order valence-electron chi connectivity index (χ0n) is 7.19. The summed E-state index contributed by atoms with van der Waals surface area (Å²) in [5.41, 5.74) is 0.607. The van der Waals surface area contributed by atoms with Crippen molar-refractivity contribution in [3.8, 4) is 0 Å². The van der Waals surface area contributed by atoms with Gasteiger partial charge in [0.1, 0.15) is 5.82 Å². The van der Waals surface area contributed by atoms with Crippen molar-refractivity contribution >= 4 is 21.6 Å². The lowest BCUT2D eigenvalue weighted by atomic mass is 10.3. The van der Waals surface area contributed by atoms with Crippen molar-refractivity contribution in [2.75, 3.05) is 11.9 Å². The lowest BCUT2D eigenvalue weighted by Gasteiger charge is -2.06. The second kappa shape index (κ2) is 3.66. The Balaban J connectivity index is 2.01. The number of hydrogen-bond acceptors (Lipinski definition) is 1. The van der Waals surface area contributed by atoms with Crippen LogP contribution in [0.3, 0.4) is 0 Å². The average molecular weight is 244 g/mol. The zero-order valence-corrected chi connectivity index (χ0v) is 8.77. The maximum absolute atomic E-state index is 13.2. The Labute approximate surface area is 85.5 Å². The van der Waals surface area contributed by atoms with Crippen molar-refractivity contribution in [2.24, 2.45) is 5.92 Å². The average Bonchev–Trinajstić information content (AvgIpc) is 2.86. The number of nitrogens with one attached hydrogen (secondary N) is 1. The van der Waals surface area contributed by atoms with Gasteiger partial charge in [-0.05, 0) is 37.0 Å². The van der Waals surface area contributed by atoms with Crippen LogP contribution in [-0.4, -0.2) is 6.54 Å². The molecule has 1 fully saturated rings. The van der Waals surface area contributed by atoms with Crippen LogP contribution >= 0.6 is 15.9 Å². The predicted molar refractivity (Wildman–Crippen MR) is 55.3 cm³/mol. The van der Waals surface area contributed by atoms with Gasteiger partial charge in [-0.1, -0.05) is 15.9 Å². The zero-order chi connectivity index (χ0) is 9.26. The first-order valence-electron chi connectivity index (χ1n) is 4.44. The monoisotopic (exact) mass is 243 g/mol. The molecule has 0 aliphatic heterocycles. The summed E-state index contributed by atoms with van der Waals surface area (Å²) >= 11 is 3.22. The van der Waals surface area contributed by atoms with Crippen molar-refractivity contribution in [2.45, 2.75) is 12.8 Å². The molecule has 0 aromatic heterocycles. The van der Waals surface area contributed by atoms with Crippen LogP contribution in [0.15, 0.2) is 22.7 Å². The molecule has 0 radical (unpaired) electrons. The van der Waals surface area contributed by atoms with Crippen LogP contribution in [0, 0.1) is 11.7 Å². The van der Waals surface area contributed by atoms with Crippen LogP contribution in [-0.2, 0) is 0 Å². The molecule has 0 amide bonds. The Kier molecular flexibility index (Phi) is 2.54. The summed E-state index contributed by atoms with van der Waals surface area (Å²) < 4.78 is 14.0. The molecule has 1 aliphatic rings. The van der Waals surface area contributed by atoms with E-state index in [9.17, 15) is 4.39 Å². The molecular formula is C10H11BrFN. The molecule has 1 aromatic rings. The first-order valence-corrected chi connectivity index (χ1v) is 5.24. The van der Waals surface area contributed by atoms with Gasteiger partial charge in [-0.25, -0.2) is 4.39 Å². The number of rotatable bonds is 3. The number of halogens is 2. The molecule has 1 N–H and O–H groups in total. The molecule has 0 spiro atoms. The summed E-state index contributed by atoms with van der Waals surface area (Å²) in [7, 11) is 0. The standard InChI is InChI=1S/C10H11BrFN/c11-8-3-4-10(9(12)5-8)13-6-7-1-2-7/h3-5,7,13H,1-2,6H2. The van der Waals surface area contributed by atoms with Crippen molar-refractivity contribution in [3.05, 3.63) is 28.5 Å². The second-order valence-corrected chi connectivity index (χ2v) is 4.36. The summed E-state index contributed by atoms with van der Waals surface area (Å²) in [5, 5.41) is 3.11. The lowest BCUT2D eigenvalue weighted by Crippen LogP contribution is -2.04. The summed E-state index contributed by atoms with van der Waals surface area (Å²) in [6.45, 7) is 0.901. The Morgan fingerprint density at radius 2 is 2.23 bits per heavy atom. The summed E-state index contributed by atoms with van der Waals surface area (Å²) in [4.78, 5) is 0. The summed E-state index contributed by atoms with van der Waals surface area (Å²) in [5.74, 6) is 0.582. The Bertz CT molecular complexity index is 310. The fourth-order valence-corrected chi connectivity index (χ4v) is 1.54. The van der Waals surface area contributed by atoms with E-state index in [0.29, 0.717) is 5.69 Å². The fraction of sp³-hybridized carbons (Fsp3) is 0.400. The SMILES string of the molecule is Fc1cc(Br)ccc1NCC1CC1. The van der Waals surface area contributed by atoms with Gasteiger partial charge < -0.3 is 5.32 Å². The molecule has 0 unspecified atom stereocenters. The molecule has 1 saturated carbocycles. The molecular weight excluding hydrogens is 233 g/mol. The molecule has 1 aromatic carbocycles. The smallest absolute Gasteiger partial charge is 0.147 e. The topological polar surface area (TPSA) is 12.0 Å². The largest absolute Gasteiger partial charge is 0.382 e. The van der Waals surface area contributed by atoms with Crippen LogP contribution in [0.2, 0.25) is 0 Å². The van der Waals surface area contributed by atoms with Crippen molar-refractivity contribution in [1.82, 2.24) is 0 Å². The van der Waals surface area contributed by atoms with E-state index in [4.69, 9.17) is 0 Å². The number of benzene rings is 1. The molecule has 1 nitrogen and oxygen atoms in total. The van der Waals surface area contributed by atoms with Crippen molar-refractivity contribution in [3.63, 3.8) is 0 Å². The van der Waals surface area contributed by atoms with E-state index >= 15 is 0 Å². The van der Waals surface area contributed by atoms with Gasteiger partial charge in [0.25, 0.3) is 0 Å². The molecule has 3 heteroatoms. The van der Waals surface area contributed by atoms with E-state index in [1.165, 1.54) is 18.9 Å². The Morgan fingerprint density at radius 3 is 2.85 bits per heavy atom. The molecule has 1 aliphatic carbocycles. The van der Waals surface area contributed by atoms with Gasteiger partial charge in [-0.2, -0.15) is 0 Å². The third-order valence-corrected chi connectivity index (χ3v) is 2.70. The minimum Gasteiger partial charge on any atom is -0.382 e. The molecule has 70 valence electrons. The Hall–Kier alpha value is -0.570.